The number of rotatable bonds is 6. The van der Waals surface area contributed by atoms with Crippen molar-refractivity contribution in [2.75, 3.05) is 0 Å². The van der Waals surface area contributed by atoms with Crippen molar-refractivity contribution in [3.63, 3.8) is 0 Å². The Morgan fingerprint density at radius 1 is 0.771 bits per heavy atom. The Balaban J connectivity index is 1.61. The van der Waals surface area contributed by atoms with Gasteiger partial charge in [-0.2, -0.15) is 5.10 Å². The molecule has 0 atom stereocenters. The van der Waals surface area contributed by atoms with E-state index < -0.39 is 8.32 Å². The number of aromatic amines is 1. The van der Waals surface area contributed by atoms with Crippen LogP contribution < -0.4 is 14.8 Å². The van der Waals surface area contributed by atoms with Gasteiger partial charge in [-0.3, -0.25) is 9.89 Å². The van der Waals surface area contributed by atoms with Crippen LogP contribution in [-0.4, -0.2) is 24.3 Å². The van der Waals surface area contributed by atoms with Crippen molar-refractivity contribution in [3.8, 4) is 5.75 Å². The van der Waals surface area contributed by atoms with E-state index in [2.05, 4.69) is 79.5 Å². The van der Waals surface area contributed by atoms with E-state index in [1.807, 2.05) is 60.7 Å². The van der Waals surface area contributed by atoms with Crippen LogP contribution in [0.2, 0.25) is 5.04 Å². The number of aromatic nitrogens is 2. The number of carbonyl (C=O) groups excluding carboxylic acids is 1. The molecule has 0 aliphatic heterocycles. The fourth-order valence-electron chi connectivity index (χ4n) is 4.80. The van der Waals surface area contributed by atoms with E-state index in [0.29, 0.717) is 17.0 Å². The van der Waals surface area contributed by atoms with Gasteiger partial charge in [-0.15, -0.1) is 0 Å². The number of ketones is 1. The van der Waals surface area contributed by atoms with Gasteiger partial charge in [-0.05, 0) is 33.6 Å². The Morgan fingerprint density at radius 2 is 1.37 bits per heavy atom. The summed E-state index contributed by atoms with van der Waals surface area (Å²) in [7, 11) is -2.79. The molecule has 0 spiro atoms. The molecule has 0 fully saturated rings. The number of H-pyrrole nitrogens is 1. The van der Waals surface area contributed by atoms with E-state index in [-0.39, 0.29) is 10.8 Å². The molecule has 4 nitrogen and oxygen atoms in total. The third kappa shape index (κ3) is 4.08. The molecule has 0 aliphatic carbocycles. The van der Waals surface area contributed by atoms with Crippen LogP contribution in [0.1, 0.15) is 36.8 Å². The Hall–Kier alpha value is -3.96. The third-order valence-electron chi connectivity index (χ3n) is 6.47. The van der Waals surface area contributed by atoms with Gasteiger partial charge in [0.1, 0.15) is 11.4 Å². The molecule has 0 saturated carbocycles. The van der Waals surface area contributed by atoms with Crippen molar-refractivity contribution in [3.05, 3.63) is 120 Å². The van der Waals surface area contributed by atoms with Crippen molar-refractivity contribution < 1.29 is 9.22 Å². The summed E-state index contributed by atoms with van der Waals surface area (Å²) in [4.78, 5) is 13.4. The zero-order valence-electron chi connectivity index (χ0n) is 20.2. The minimum atomic E-state index is -2.79. The molecular formula is C30H28N2O2Si. The van der Waals surface area contributed by atoms with Gasteiger partial charge in [0.05, 0.1) is 5.52 Å². The standard InChI is InChI=1S/C30H28N2O2Si/c1-30(2,3)35(24-15-6-4-7-16-24,25-17-8-5-9-18-25)34-23-14-12-13-22(21-23)29(33)28-26-19-10-11-20-27(26)31-32-28/h4-21H,1-3H3,(H,31,32). The molecule has 5 rings (SSSR count). The first kappa shape index (κ1) is 22.8. The second-order valence-corrected chi connectivity index (χ2v) is 14.0. The monoisotopic (exact) mass is 476 g/mol. The van der Waals surface area contributed by atoms with Crippen LogP contribution in [-0.2, 0) is 0 Å². The highest BCUT2D eigenvalue weighted by atomic mass is 28.4. The lowest BCUT2D eigenvalue weighted by atomic mass is 10.1. The van der Waals surface area contributed by atoms with Crippen LogP contribution in [0.25, 0.3) is 10.9 Å². The summed E-state index contributed by atoms with van der Waals surface area (Å²) in [6.45, 7) is 6.72. The van der Waals surface area contributed by atoms with Gasteiger partial charge < -0.3 is 4.43 Å². The first-order chi connectivity index (χ1) is 16.9. The predicted molar refractivity (Wildman–Crippen MR) is 144 cm³/mol. The second kappa shape index (κ2) is 9.00. The Labute approximate surface area is 206 Å². The lowest BCUT2D eigenvalue weighted by molar-refractivity contribution is 0.103. The topological polar surface area (TPSA) is 55.0 Å². The number of nitrogens with one attached hydrogen (secondary N) is 1. The number of hydrogen-bond acceptors (Lipinski definition) is 3. The molecule has 1 N–H and O–H groups in total. The molecular weight excluding hydrogens is 448 g/mol. The average molecular weight is 477 g/mol. The molecule has 4 aromatic carbocycles. The van der Waals surface area contributed by atoms with Crippen molar-refractivity contribution >= 4 is 35.4 Å². The molecule has 174 valence electrons. The van der Waals surface area contributed by atoms with Gasteiger partial charge in [0.25, 0.3) is 0 Å². The largest absolute Gasteiger partial charge is 0.534 e. The molecule has 35 heavy (non-hydrogen) atoms. The van der Waals surface area contributed by atoms with Gasteiger partial charge in [-0.1, -0.05) is 112 Å². The highest BCUT2D eigenvalue weighted by Gasteiger charge is 2.52. The van der Waals surface area contributed by atoms with E-state index in [1.54, 1.807) is 0 Å². The number of fused-ring (bicyclic) bond motifs is 1. The SMILES string of the molecule is CC(C)(C)[Si](Oc1cccc(C(=O)c2n[nH]c3ccccc23)c1)(c1ccccc1)c1ccccc1. The van der Waals surface area contributed by atoms with Gasteiger partial charge in [-0.25, -0.2) is 0 Å². The molecule has 0 bridgehead atoms. The van der Waals surface area contributed by atoms with Gasteiger partial charge >= 0.3 is 8.32 Å². The van der Waals surface area contributed by atoms with Crippen LogP contribution in [0, 0.1) is 0 Å². The van der Waals surface area contributed by atoms with Gasteiger partial charge in [0, 0.05) is 10.9 Å². The molecule has 5 aromatic rings. The zero-order chi connectivity index (χ0) is 24.5. The van der Waals surface area contributed by atoms with E-state index >= 15 is 0 Å². The van der Waals surface area contributed by atoms with Crippen molar-refractivity contribution in [2.24, 2.45) is 0 Å². The molecule has 5 heteroatoms. The summed E-state index contributed by atoms with van der Waals surface area (Å²) in [5.41, 5.74) is 1.82. The summed E-state index contributed by atoms with van der Waals surface area (Å²) in [6, 6.07) is 36.2. The number of hydrogen-bond donors (Lipinski definition) is 1. The quantitative estimate of drug-likeness (QED) is 0.251. The first-order valence-electron chi connectivity index (χ1n) is 11.8. The average Bonchev–Trinajstić information content (AvgIpc) is 3.31. The summed E-state index contributed by atoms with van der Waals surface area (Å²) >= 11 is 0. The minimum absolute atomic E-state index is 0.129. The predicted octanol–water partition coefficient (Wildman–Crippen LogP) is 5.73. The fourth-order valence-corrected chi connectivity index (χ4v) is 9.21. The summed E-state index contributed by atoms with van der Waals surface area (Å²) in [5.74, 6) is 0.556. The normalized spacial score (nSPS) is 12.0. The molecule has 1 aromatic heterocycles. The number of benzene rings is 4. The van der Waals surface area contributed by atoms with E-state index in [0.717, 1.165) is 10.9 Å². The van der Waals surface area contributed by atoms with Crippen LogP contribution in [0.5, 0.6) is 5.75 Å². The molecule has 0 radical (unpaired) electrons. The van der Waals surface area contributed by atoms with Crippen molar-refractivity contribution in [1.29, 1.82) is 0 Å². The van der Waals surface area contributed by atoms with E-state index in [4.69, 9.17) is 4.43 Å². The minimum Gasteiger partial charge on any atom is -0.534 e. The van der Waals surface area contributed by atoms with Gasteiger partial charge in [0.15, 0.2) is 0 Å². The molecule has 0 unspecified atom stereocenters. The Kier molecular flexibility index (Phi) is 5.87. The number of para-hydroxylation sites is 1. The highest BCUT2D eigenvalue weighted by molar-refractivity contribution is 7.00. The molecule has 0 saturated heterocycles. The zero-order valence-corrected chi connectivity index (χ0v) is 21.2. The Morgan fingerprint density at radius 3 is 2.00 bits per heavy atom. The molecule has 0 aliphatic rings. The summed E-state index contributed by atoms with van der Waals surface area (Å²) in [5, 5.41) is 10.3. The number of nitrogens with zero attached hydrogens (tertiary/aromatic N) is 1. The van der Waals surface area contributed by atoms with E-state index in [1.165, 1.54) is 10.4 Å². The second-order valence-electron chi connectivity index (χ2n) is 9.74. The fraction of sp³-hybridized carbons (Fsp3) is 0.133. The first-order valence-corrected chi connectivity index (χ1v) is 13.7. The number of carbonyl (C=O) groups is 1. The van der Waals surface area contributed by atoms with Crippen LogP contribution >= 0.6 is 0 Å². The maximum absolute atomic E-state index is 13.4. The van der Waals surface area contributed by atoms with Crippen molar-refractivity contribution in [1.82, 2.24) is 10.2 Å². The maximum atomic E-state index is 13.4. The summed E-state index contributed by atoms with van der Waals surface area (Å²) < 4.78 is 7.09. The Bertz CT molecular complexity index is 1430. The van der Waals surface area contributed by atoms with Crippen molar-refractivity contribution in [2.45, 2.75) is 25.8 Å². The van der Waals surface area contributed by atoms with Crippen LogP contribution in [0.15, 0.2) is 109 Å². The molecule has 1 heterocycles. The highest BCUT2D eigenvalue weighted by Crippen LogP contribution is 2.37. The van der Waals surface area contributed by atoms with Crippen LogP contribution in [0.3, 0.4) is 0 Å². The van der Waals surface area contributed by atoms with Crippen LogP contribution in [0.4, 0.5) is 0 Å². The third-order valence-corrected chi connectivity index (χ3v) is 11.4. The lowest BCUT2D eigenvalue weighted by Crippen LogP contribution is -2.68. The van der Waals surface area contributed by atoms with Gasteiger partial charge in [0.2, 0.25) is 5.78 Å². The lowest BCUT2D eigenvalue weighted by Gasteiger charge is -2.43. The maximum Gasteiger partial charge on any atom is 0.319 e. The van der Waals surface area contributed by atoms with E-state index in [9.17, 15) is 4.79 Å². The smallest absolute Gasteiger partial charge is 0.319 e. The summed E-state index contributed by atoms with van der Waals surface area (Å²) in [6.07, 6.45) is 0. The molecule has 0 amide bonds.